The monoisotopic (exact) mass is 1760 g/mol. The summed E-state index contributed by atoms with van der Waals surface area (Å²) in [5.41, 5.74) is 33.0. The minimum absolute atomic E-state index is 0.607. The molecule has 0 atom stereocenters. The highest BCUT2D eigenvalue weighted by Crippen LogP contribution is 2.51. The fraction of sp³-hybridized carbons (Fsp3) is 0.0159. The number of nitriles is 1. The van der Waals surface area contributed by atoms with Crippen LogP contribution in [0.5, 0.6) is 0 Å². The van der Waals surface area contributed by atoms with Crippen LogP contribution in [0.25, 0.3) is 254 Å². The van der Waals surface area contributed by atoms with Gasteiger partial charge in [0.05, 0.1) is 99.9 Å². The quantitative estimate of drug-likeness (QED) is 0.129. The molecule has 0 unspecified atom stereocenters. The molecule has 0 aliphatic heterocycles. The van der Waals surface area contributed by atoms with Gasteiger partial charge in [0.25, 0.3) is 0 Å². The van der Waals surface area contributed by atoms with E-state index >= 15 is 0 Å². The van der Waals surface area contributed by atoms with Crippen LogP contribution in [0.3, 0.4) is 0 Å². The van der Waals surface area contributed by atoms with Crippen LogP contribution in [0.1, 0.15) is 16.7 Å². The smallest absolute Gasteiger partial charge is 0.164 e. The molecule has 0 aliphatic rings. The van der Waals surface area contributed by atoms with Gasteiger partial charge in [-0.1, -0.05) is 267 Å². The van der Waals surface area contributed by atoms with E-state index in [0.29, 0.717) is 23.0 Å². The van der Waals surface area contributed by atoms with Crippen LogP contribution in [-0.4, -0.2) is 51.5 Å². The summed E-state index contributed by atoms with van der Waals surface area (Å²) in [7, 11) is 0. The van der Waals surface area contributed by atoms with Crippen molar-refractivity contribution in [3.63, 3.8) is 0 Å². The molecule has 0 spiro atoms. The van der Waals surface area contributed by atoms with Gasteiger partial charge in [-0.2, -0.15) is 5.26 Å². The van der Waals surface area contributed by atoms with Crippen molar-refractivity contribution in [3.05, 3.63) is 466 Å². The number of hydrogen-bond donors (Lipinski definition) is 0. The van der Waals surface area contributed by atoms with Crippen molar-refractivity contribution in [2.24, 2.45) is 0 Å². The van der Waals surface area contributed by atoms with E-state index in [0.717, 1.165) is 128 Å². The van der Waals surface area contributed by atoms with Crippen LogP contribution in [0.2, 0.25) is 0 Å². The second-order valence-electron chi connectivity index (χ2n) is 36.1. The van der Waals surface area contributed by atoms with Crippen molar-refractivity contribution in [3.8, 4) is 85.7 Å². The number of aromatic nitrogens is 11. The van der Waals surface area contributed by atoms with E-state index in [1.807, 2.05) is 42.5 Å². The third-order valence-corrected chi connectivity index (χ3v) is 28.5. The summed E-state index contributed by atoms with van der Waals surface area (Å²) in [5, 5.41) is 29.3. The molecule has 29 aromatic rings. The minimum Gasteiger partial charge on any atom is -0.309 e. The van der Waals surface area contributed by atoms with Crippen LogP contribution in [0.15, 0.2) is 449 Å². The molecular formula is C126H80N12. The lowest BCUT2D eigenvalue weighted by Crippen LogP contribution is -2.00. The summed E-state index contributed by atoms with van der Waals surface area (Å²) in [4.78, 5) is 15.5. The van der Waals surface area contributed by atoms with E-state index in [9.17, 15) is 5.26 Å². The van der Waals surface area contributed by atoms with Gasteiger partial charge in [-0.15, -0.1) is 0 Å². The van der Waals surface area contributed by atoms with Crippen LogP contribution in [0, 0.1) is 25.2 Å². The molecule has 0 amide bonds. The molecule has 12 nitrogen and oxygen atoms in total. The average molecular weight is 1760 g/mol. The van der Waals surface area contributed by atoms with Gasteiger partial charge in [0, 0.05) is 148 Å². The van der Waals surface area contributed by atoms with Crippen molar-refractivity contribution >= 4 is 174 Å². The highest BCUT2D eigenvalue weighted by atomic mass is 15.1. The Morgan fingerprint density at radius 1 is 0.174 bits per heavy atom. The van der Waals surface area contributed by atoms with Gasteiger partial charge in [0.1, 0.15) is 0 Å². The van der Waals surface area contributed by atoms with Crippen LogP contribution < -0.4 is 0 Å². The zero-order valence-corrected chi connectivity index (χ0v) is 75.1. The summed E-state index contributed by atoms with van der Waals surface area (Å²) in [6, 6.07) is 163. The zero-order valence-electron chi connectivity index (χ0n) is 75.1. The van der Waals surface area contributed by atoms with Gasteiger partial charge in [-0.05, 0) is 207 Å². The number of para-hydroxylation sites is 10. The molecule has 0 saturated carbocycles. The molecular weight excluding hydrogens is 1680 g/mol. The number of fused-ring (bicyclic) bond motifs is 28. The van der Waals surface area contributed by atoms with E-state index in [1.54, 1.807) is 0 Å². The molecule has 0 bridgehead atoms. The highest BCUT2D eigenvalue weighted by molar-refractivity contribution is 6.32. The molecule has 20 aromatic carbocycles. The van der Waals surface area contributed by atoms with Crippen molar-refractivity contribution in [2.75, 3.05) is 0 Å². The fourth-order valence-electron chi connectivity index (χ4n) is 22.9. The number of benzene rings is 20. The van der Waals surface area contributed by atoms with Crippen LogP contribution >= 0.6 is 0 Å². The standard InChI is InChI=1S/C70H45N7.C56H35N5/c1-44-41-62-65(54-32-18-20-34-58(54)74(62)48-25-11-4-12-26-48)67-63(44)56-43-51(36-39-59(56)77(67)50-29-15-6-16-30-50)75-60-40-38-53-52-31-17-19-33-57(52)76(49-27-13-5-14-28-49)66(53)64(60)55-37-35-47(42-61(55)75)70-72-68(45-21-7-2-8-22-45)71-69(73-70)46-23-9-3-10-24-46;1-35-31-51-53(43-22-12-14-24-47(43)58(51)37-15-5-2-6-16-37)56-52(35)45-33-40(26-29-49(45)61(56)39-19-9-4-10-20-39)59-48-28-25-36(34-57)32-44(48)54-50(59)30-27-42-41-21-11-13-23-46(41)60(55(42)54)38-17-7-3-8-18-38/h2-43H,1H3;2-33H,1H3. The van der Waals surface area contributed by atoms with Crippen molar-refractivity contribution in [1.82, 2.24) is 51.5 Å². The summed E-state index contributed by atoms with van der Waals surface area (Å²) in [5.74, 6) is 1.86. The fourth-order valence-corrected chi connectivity index (χ4v) is 22.9. The SMILES string of the molecule is Cc1cc2c(c3ccccc3n2-c2ccccc2)c2c1c1cc(-n3c4cc(-c5nc(-c6ccccc6)nc(-c6ccccc6)n5)ccc4c4c3ccc3c5ccccc5n(-c5ccccc5)c34)ccc1n2-c1ccccc1.Cc1cc2c(c3ccccc3n2-c2ccccc2)c2c1c1cc(-n3c4ccc(C#N)cc4c4c3ccc3c5ccccc5n(-c5ccccc5)c34)ccc1n2-c1ccccc1. The molecule has 644 valence electrons. The first-order chi connectivity index (χ1) is 68.3. The number of rotatable bonds is 11. The zero-order chi connectivity index (χ0) is 91.1. The number of nitrogens with zero attached hydrogens (tertiary/aromatic N) is 12. The largest absolute Gasteiger partial charge is 0.309 e. The van der Waals surface area contributed by atoms with E-state index in [4.69, 9.17) is 15.0 Å². The second kappa shape index (κ2) is 30.7. The lowest BCUT2D eigenvalue weighted by Gasteiger charge is -2.12. The van der Waals surface area contributed by atoms with Crippen LogP contribution in [0.4, 0.5) is 0 Å². The normalized spacial score (nSPS) is 12.0. The Morgan fingerprint density at radius 3 is 0.855 bits per heavy atom. The summed E-state index contributed by atoms with van der Waals surface area (Å²) in [6.45, 7) is 4.55. The van der Waals surface area contributed by atoms with E-state index in [2.05, 4.69) is 463 Å². The van der Waals surface area contributed by atoms with Crippen molar-refractivity contribution < 1.29 is 0 Å². The summed E-state index contributed by atoms with van der Waals surface area (Å²) >= 11 is 0. The van der Waals surface area contributed by atoms with Gasteiger partial charge in [0.2, 0.25) is 0 Å². The Labute approximate surface area is 791 Å². The molecule has 138 heavy (non-hydrogen) atoms. The van der Waals surface area contributed by atoms with Gasteiger partial charge in [-0.25, -0.2) is 15.0 Å². The maximum Gasteiger partial charge on any atom is 0.164 e. The Bertz CT molecular complexity index is 10100. The lowest BCUT2D eigenvalue weighted by atomic mass is 10.0. The molecule has 0 aliphatic carbocycles. The van der Waals surface area contributed by atoms with Gasteiger partial charge < -0.3 is 36.5 Å². The average Bonchev–Trinajstić information content (AvgIpc) is 1.55. The Kier molecular flexibility index (Phi) is 17.3. The molecule has 29 rings (SSSR count). The van der Waals surface area contributed by atoms with Crippen molar-refractivity contribution in [2.45, 2.75) is 13.8 Å². The van der Waals surface area contributed by atoms with Crippen molar-refractivity contribution in [1.29, 1.82) is 5.26 Å². The Morgan fingerprint density at radius 2 is 0.449 bits per heavy atom. The molecule has 0 N–H and O–H groups in total. The molecule has 0 fully saturated rings. The van der Waals surface area contributed by atoms with E-state index < -0.39 is 0 Å². The van der Waals surface area contributed by atoms with Crippen LogP contribution in [-0.2, 0) is 0 Å². The maximum absolute atomic E-state index is 10.2. The molecule has 0 saturated heterocycles. The topological polar surface area (TPSA) is 102 Å². The summed E-state index contributed by atoms with van der Waals surface area (Å²) < 4.78 is 19.5. The number of aryl methyl sites for hydroxylation is 2. The number of hydrogen-bond acceptors (Lipinski definition) is 4. The van der Waals surface area contributed by atoms with Gasteiger partial charge >= 0.3 is 0 Å². The lowest BCUT2D eigenvalue weighted by molar-refractivity contribution is 1.07. The summed E-state index contributed by atoms with van der Waals surface area (Å²) in [6.07, 6.45) is 0. The van der Waals surface area contributed by atoms with Gasteiger partial charge in [-0.3, -0.25) is 0 Å². The first-order valence-corrected chi connectivity index (χ1v) is 47.0. The molecule has 12 heteroatoms. The molecule has 9 aromatic heterocycles. The third-order valence-electron chi connectivity index (χ3n) is 28.5. The maximum atomic E-state index is 10.2. The third kappa shape index (κ3) is 11.6. The Balaban J connectivity index is 0.000000140. The predicted molar refractivity (Wildman–Crippen MR) is 571 cm³/mol. The molecule has 0 radical (unpaired) electrons. The second-order valence-corrected chi connectivity index (χ2v) is 36.1. The first kappa shape index (κ1) is 78.0. The first-order valence-electron chi connectivity index (χ1n) is 47.0. The van der Waals surface area contributed by atoms with E-state index in [1.165, 1.54) is 120 Å². The predicted octanol–water partition coefficient (Wildman–Crippen LogP) is 31.8. The Hall–Kier alpha value is -18.7. The minimum atomic E-state index is 0.607. The highest BCUT2D eigenvalue weighted by Gasteiger charge is 2.31. The van der Waals surface area contributed by atoms with Gasteiger partial charge in [0.15, 0.2) is 17.5 Å². The molecule has 9 heterocycles. The van der Waals surface area contributed by atoms with E-state index in [-0.39, 0.29) is 0 Å².